The van der Waals surface area contributed by atoms with Crippen molar-refractivity contribution in [3.05, 3.63) is 0 Å². The van der Waals surface area contributed by atoms with E-state index in [0.717, 1.165) is 39.3 Å². The monoisotopic (exact) mass is 273 g/mol. The largest absolute Gasteiger partial charge is 0.394 e. The van der Waals surface area contributed by atoms with Crippen LogP contribution in [0.1, 0.15) is 6.42 Å². The molecule has 1 amide bonds. The van der Waals surface area contributed by atoms with Crippen LogP contribution in [0.5, 0.6) is 0 Å². The molecule has 0 unspecified atom stereocenters. The van der Waals surface area contributed by atoms with Crippen molar-refractivity contribution >= 4 is 5.91 Å². The van der Waals surface area contributed by atoms with Gasteiger partial charge in [-0.25, -0.2) is 0 Å². The minimum Gasteiger partial charge on any atom is -0.394 e. The summed E-state index contributed by atoms with van der Waals surface area (Å²) in [5.74, 6) is 0.247. The second kappa shape index (κ2) is 9.25. The van der Waals surface area contributed by atoms with Gasteiger partial charge in [-0.2, -0.15) is 0 Å². The van der Waals surface area contributed by atoms with E-state index in [4.69, 9.17) is 9.84 Å². The second-order valence-electron chi connectivity index (χ2n) is 5.07. The summed E-state index contributed by atoms with van der Waals surface area (Å²) >= 11 is 0. The third-order valence-corrected chi connectivity index (χ3v) is 3.42. The van der Waals surface area contributed by atoms with E-state index in [0.29, 0.717) is 19.6 Å². The number of ether oxygens (including phenoxy) is 1. The molecular weight excluding hydrogens is 246 g/mol. The highest BCUT2D eigenvalue weighted by molar-refractivity contribution is 5.76. The van der Waals surface area contributed by atoms with Crippen LogP contribution >= 0.6 is 0 Å². The number of piperazine rings is 1. The van der Waals surface area contributed by atoms with E-state index in [2.05, 4.69) is 16.8 Å². The van der Waals surface area contributed by atoms with E-state index < -0.39 is 0 Å². The summed E-state index contributed by atoms with van der Waals surface area (Å²) in [6.45, 7) is 6.22. The Morgan fingerprint density at radius 1 is 1.21 bits per heavy atom. The molecule has 0 aromatic rings. The number of likely N-dealkylation sites (N-methyl/N-ethyl adjacent to an activating group) is 2. The van der Waals surface area contributed by atoms with Crippen molar-refractivity contribution in [2.24, 2.45) is 0 Å². The molecular formula is C13H27N3O3. The maximum absolute atomic E-state index is 12.0. The van der Waals surface area contributed by atoms with Crippen molar-refractivity contribution in [3.8, 4) is 0 Å². The van der Waals surface area contributed by atoms with E-state index in [1.807, 2.05) is 11.9 Å². The third-order valence-electron chi connectivity index (χ3n) is 3.42. The van der Waals surface area contributed by atoms with E-state index >= 15 is 0 Å². The second-order valence-corrected chi connectivity index (χ2v) is 5.07. The van der Waals surface area contributed by atoms with Gasteiger partial charge in [-0.1, -0.05) is 0 Å². The Balaban J connectivity index is 2.08. The molecule has 1 N–H and O–H groups in total. The summed E-state index contributed by atoms with van der Waals surface area (Å²) in [4.78, 5) is 18.3. The van der Waals surface area contributed by atoms with E-state index in [1.165, 1.54) is 0 Å². The van der Waals surface area contributed by atoms with Crippen LogP contribution in [0.4, 0.5) is 0 Å². The van der Waals surface area contributed by atoms with Gasteiger partial charge < -0.3 is 24.5 Å². The zero-order valence-electron chi connectivity index (χ0n) is 12.2. The Morgan fingerprint density at radius 3 is 2.53 bits per heavy atom. The molecule has 0 bridgehead atoms. The summed E-state index contributed by atoms with van der Waals surface area (Å²) in [6, 6.07) is 0. The highest BCUT2D eigenvalue weighted by Gasteiger charge is 2.18. The SMILES string of the molecule is CN(CCOCCO)CCC(=O)N1CCN(C)CC1. The fourth-order valence-electron chi connectivity index (χ4n) is 2.00. The lowest BCUT2D eigenvalue weighted by Gasteiger charge is -2.32. The molecule has 0 radical (unpaired) electrons. The average Bonchev–Trinajstić information content (AvgIpc) is 2.42. The molecule has 1 saturated heterocycles. The van der Waals surface area contributed by atoms with Crippen LogP contribution in [-0.2, 0) is 9.53 Å². The van der Waals surface area contributed by atoms with Gasteiger partial charge in [-0.15, -0.1) is 0 Å². The lowest BCUT2D eigenvalue weighted by atomic mass is 10.3. The molecule has 19 heavy (non-hydrogen) atoms. The molecule has 1 aliphatic rings. The van der Waals surface area contributed by atoms with Crippen LogP contribution < -0.4 is 0 Å². The molecule has 0 aliphatic carbocycles. The molecule has 0 spiro atoms. The summed E-state index contributed by atoms with van der Waals surface area (Å²) < 4.78 is 5.20. The van der Waals surface area contributed by atoms with E-state index in [9.17, 15) is 4.79 Å². The lowest BCUT2D eigenvalue weighted by Crippen LogP contribution is -2.47. The minimum absolute atomic E-state index is 0.0611. The van der Waals surface area contributed by atoms with Crippen LogP contribution in [0.3, 0.4) is 0 Å². The molecule has 1 aliphatic heterocycles. The van der Waals surface area contributed by atoms with E-state index in [1.54, 1.807) is 0 Å². The zero-order valence-corrected chi connectivity index (χ0v) is 12.2. The van der Waals surface area contributed by atoms with Gasteiger partial charge in [0.1, 0.15) is 0 Å². The number of amides is 1. The minimum atomic E-state index is 0.0611. The smallest absolute Gasteiger partial charge is 0.223 e. The van der Waals surface area contributed by atoms with Crippen molar-refractivity contribution < 1.29 is 14.6 Å². The van der Waals surface area contributed by atoms with Gasteiger partial charge in [-0.3, -0.25) is 4.79 Å². The predicted octanol–water partition coefficient (Wildman–Crippen LogP) is -0.909. The van der Waals surface area contributed by atoms with Crippen LogP contribution in [-0.4, -0.2) is 98.9 Å². The quantitative estimate of drug-likeness (QED) is 0.580. The van der Waals surface area contributed by atoms with Crippen LogP contribution in [0.2, 0.25) is 0 Å². The van der Waals surface area contributed by atoms with Gasteiger partial charge in [-0.05, 0) is 14.1 Å². The van der Waals surface area contributed by atoms with Crippen molar-refractivity contribution in [1.29, 1.82) is 0 Å². The van der Waals surface area contributed by atoms with E-state index in [-0.39, 0.29) is 12.5 Å². The summed E-state index contributed by atoms with van der Waals surface area (Å²) in [7, 11) is 4.07. The summed E-state index contributed by atoms with van der Waals surface area (Å²) in [5, 5.41) is 8.58. The van der Waals surface area contributed by atoms with Crippen molar-refractivity contribution in [2.75, 3.05) is 73.2 Å². The highest BCUT2D eigenvalue weighted by atomic mass is 16.5. The molecule has 0 aromatic heterocycles. The number of hydrogen-bond acceptors (Lipinski definition) is 5. The maximum Gasteiger partial charge on any atom is 0.223 e. The van der Waals surface area contributed by atoms with Gasteiger partial charge in [0.2, 0.25) is 5.91 Å². The number of carbonyl (C=O) groups excluding carboxylic acids is 1. The van der Waals surface area contributed by atoms with Crippen LogP contribution in [0, 0.1) is 0 Å². The standard InChI is InChI=1S/C13H27N3O3/c1-14(9-11-19-12-10-17)4-3-13(18)16-7-5-15(2)6-8-16/h17H,3-12H2,1-2H3. The van der Waals surface area contributed by atoms with Gasteiger partial charge >= 0.3 is 0 Å². The van der Waals surface area contributed by atoms with Gasteiger partial charge in [0.05, 0.1) is 19.8 Å². The van der Waals surface area contributed by atoms with Gasteiger partial charge in [0, 0.05) is 45.7 Å². The number of nitrogens with zero attached hydrogens (tertiary/aromatic N) is 3. The summed E-state index contributed by atoms with van der Waals surface area (Å²) in [5.41, 5.74) is 0. The Hall–Kier alpha value is -0.690. The first kappa shape index (κ1) is 16.4. The predicted molar refractivity (Wildman–Crippen MR) is 74.1 cm³/mol. The Labute approximate surface area is 115 Å². The number of rotatable bonds is 8. The normalized spacial score (nSPS) is 17.2. The number of aliphatic hydroxyl groups excluding tert-OH is 1. The average molecular weight is 273 g/mol. The van der Waals surface area contributed by atoms with Crippen LogP contribution in [0.25, 0.3) is 0 Å². The first-order valence-electron chi connectivity index (χ1n) is 6.97. The summed E-state index contributed by atoms with van der Waals surface area (Å²) in [6.07, 6.45) is 0.570. The Kier molecular flexibility index (Phi) is 7.97. The molecule has 1 rings (SSSR count). The van der Waals surface area contributed by atoms with Crippen LogP contribution in [0.15, 0.2) is 0 Å². The maximum atomic E-state index is 12.0. The van der Waals surface area contributed by atoms with Gasteiger partial charge in [0.15, 0.2) is 0 Å². The first-order valence-corrected chi connectivity index (χ1v) is 6.97. The number of carbonyl (C=O) groups is 1. The van der Waals surface area contributed by atoms with Gasteiger partial charge in [0.25, 0.3) is 0 Å². The zero-order chi connectivity index (χ0) is 14.1. The molecule has 0 aromatic carbocycles. The highest BCUT2D eigenvalue weighted by Crippen LogP contribution is 2.02. The molecule has 0 atom stereocenters. The number of hydrogen-bond donors (Lipinski definition) is 1. The molecule has 1 fully saturated rings. The molecule has 0 saturated carbocycles. The fourth-order valence-corrected chi connectivity index (χ4v) is 2.00. The van der Waals surface area contributed by atoms with Crippen molar-refractivity contribution in [1.82, 2.24) is 14.7 Å². The van der Waals surface area contributed by atoms with Crippen molar-refractivity contribution in [3.63, 3.8) is 0 Å². The first-order chi connectivity index (χ1) is 9.13. The topological polar surface area (TPSA) is 56.3 Å². The lowest BCUT2D eigenvalue weighted by molar-refractivity contribution is -0.133. The van der Waals surface area contributed by atoms with Crippen molar-refractivity contribution in [2.45, 2.75) is 6.42 Å². The third kappa shape index (κ3) is 6.87. The Bertz CT molecular complexity index is 256. The fraction of sp³-hybridized carbons (Fsp3) is 0.923. The Morgan fingerprint density at radius 2 is 1.89 bits per heavy atom. The molecule has 6 heteroatoms. The molecule has 112 valence electrons. The molecule has 6 nitrogen and oxygen atoms in total. The molecule has 1 heterocycles. The number of aliphatic hydroxyl groups is 1.